The summed E-state index contributed by atoms with van der Waals surface area (Å²) in [5.74, 6) is -1.15. The number of halogens is 3. The molecule has 0 atom stereocenters. The molecule has 0 aliphatic heterocycles. The summed E-state index contributed by atoms with van der Waals surface area (Å²) in [7, 11) is 0. The Balaban J connectivity index is 2.02. The van der Waals surface area contributed by atoms with Crippen molar-refractivity contribution in [2.24, 2.45) is 0 Å². The molecule has 2 rings (SSSR count). The Kier molecular flexibility index (Phi) is 4.66. The van der Waals surface area contributed by atoms with Crippen LogP contribution in [0, 0.1) is 0 Å². The molecule has 0 aliphatic rings. The number of rotatable bonds is 3. The third-order valence-electron chi connectivity index (χ3n) is 2.31. The standard InChI is InChI=1S/C11H8Cl3N5O2/c12-11(13,14)10(21)17-8-3-1-7(2-4-8)9(20)18-19-5-15-16-6-19/h1-6H,(H,17,21)(H,18,20). The van der Waals surface area contributed by atoms with E-state index >= 15 is 0 Å². The number of amides is 2. The fraction of sp³-hybridized carbons (Fsp3) is 0.0909. The van der Waals surface area contributed by atoms with Crippen LogP contribution in [0.4, 0.5) is 5.69 Å². The maximum absolute atomic E-state index is 11.9. The van der Waals surface area contributed by atoms with Crippen molar-refractivity contribution in [1.29, 1.82) is 0 Å². The van der Waals surface area contributed by atoms with Crippen molar-refractivity contribution in [3.63, 3.8) is 0 Å². The third kappa shape index (κ3) is 4.32. The van der Waals surface area contributed by atoms with E-state index in [1.165, 1.54) is 41.6 Å². The van der Waals surface area contributed by atoms with E-state index in [4.69, 9.17) is 34.8 Å². The molecule has 0 unspecified atom stereocenters. The van der Waals surface area contributed by atoms with Crippen LogP contribution in [0.15, 0.2) is 36.9 Å². The van der Waals surface area contributed by atoms with Crippen molar-refractivity contribution in [1.82, 2.24) is 14.9 Å². The second kappa shape index (κ2) is 6.30. The van der Waals surface area contributed by atoms with Gasteiger partial charge in [0.1, 0.15) is 12.7 Å². The van der Waals surface area contributed by atoms with Gasteiger partial charge in [-0.1, -0.05) is 34.8 Å². The molecule has 0 bridgehead atoms. The largest absolute Gasteiger partial charge is 0.322 e. The van der Waals surface area contributed by atoms with E-state index < -0.39 is 9.70 Å². The van der Waals surface area contributed by atoms with E-state index in [9.17, 15) is 9.59 Å². The van der Waals surface area contributed by atoms with Crippen LogP contribution in [0.5, 0.6) is 0 Å². The monoisotopic (exact) mass is 347 g/mol. The number of alkyl halides is 3. The van der Waals surface area contributed by atoms with E-state index in [1.807, 2.05) is 0 Å². The van der Waals surface area contributed by atoms with Gasteiger partial charge >= 0.3 is 0 Å². The average molecular weight is 349 g/mol. The van der Waals surface area contributed by atoms with Crippen LogP contribution < -0.4 is 10.7 Å². The van der Waals surface area contributed by atoms with Crippen molar-refractivity contribution in [3.05, 3.63) is 42.5 Å². The van der Waals surface area contributed by atoms with Gasteiger partial charge in [0.25, 0.3) is 15.6 Å². The number of carbonyl (C=O) groups excluding carboxylic acids is 2. The normalized spacial score (nSPS) is 11.0. The Morgan fingerprint density at radius 2 is 1.62 bits per heavy atom. The van der Waals surface area contributed by atoms with Gasteiger partial charge in [-0.05, 0) is 24.3 Å². The summed E-state index contributed by atoms with van der Waals surface area (Å²) in [6, 6.07) is 6.03. The maximum Gasteiger partial charge on any atom is 0.276 e. The van der Waals surface area contributed by atoms with E-state index in [0.717, 1.165) is 0 Å². The summed E-state index contributed by atoms with van der Waals surface area (Å²) in [4.78, 5) is 23.3. The van der Waals surface area contributed by atoms with Crippen LogP contribution in [-0.2, 0) is 4.79 Å². The van der Waals surface area contributed by atoms with Crippen LogP contribution in [-0.4, -0.2) is 30.5 Å². The molecule has 0 aliphatic carbocycles. The molecule has 2 aromatic rings. The molecule has 110 valence electrons. The lowest BCUT2D eigenvalue weighted by Crippen LogP contribution is -2.27. The molecule has 2 N–H and O–H groups in total. The molecular formula is C11H8Cl3N5O2. The molecular weight excluding hydrogens is 341 g/mol. The smallest absolute Gasteiger partial charge is 0.276 e. The van der Waals surface area contributed by atoms with Gasteiger partial charge in [-0.3, -0.25) is 15.0 Å². The van der Waals surface area contributed by atoms with E-state index in [-0.39, 0.29) is 5.91 Å². The highest BCUT2D eigenvalue weighted by molar-refractivity contribution is 6.76. The van der Waals surface area contributed by atoms with Gasteiger partial charge in [0, 0.05) is 11.3 Å². The minimum absolute atomic E-state index is 0.367. The highest BCUT2D eigenvalue weighted by Gasteiger charge is 2.30. The quantitative estimate of drug-likeness (QED) is 0.830. The average Bonchev–Trinajstić information content (AvgIpc) is 2.91. The predicted octanol–water partition coefficient (Wildman–Crippen LogP) is 1.97. The lowest BCUT2D eigenvalue weighted by Gasteiger charge is -2.11. The molecule has 1 heterocycles. The third-order valence-corrected chi connectivity index (χ3v) is 2.83. The second-order valence-electron chi connectivity index (χ2n) is 3.84. The van der Waals surface area contributed by atoms with Crippen molar-refractivity contribution in [2.75, 3.05) is 10.7 Å². The lowest BCUT2D eigenvalue weighted by atomic mass is 10.2. The van der Waals surface area contributed by atoms with Crippen molar-refractivity contribution in [2.45, 2.75) is 3.79 Å². The Morgan fingerprint density at radius 3 is 2.14 bits per heavy atom. The number of carbonyl (C=O) groups is 2. The summed E-state index contributed by atoms with van der Waals surface area (Å²) < 4.78 is -0.745. The first-order valence-corrected chi connectivity index (χ1v) is 6.64. The number of hydrogen-bond donors (Lipinski definition) is 2. The van der Waals surface area contributed by atoms with Gasteiger partial charge in [0.15, 0.2) is 0 Å². The van der Waals surface area contributed by atoms with Gasteiger partial charge in [0.2, 0.25) is 0 Å². The first-order valence-electron chi connectivity index (χ1n) is 5.50. The molecule has 1 aromatic heterocycles. The molecule has 0 radical (unpaired) electrons. The SMILES string of the molecule is O=C(Nn1cnnc1)c1ccc(NC(=O)C(Cl)(Cl)Cl)cc1. The second-order valence-corrected chi connectivity index (χ2v) is 6.12. The highest BCUT2D eigenvalue weighted by Crippen LogP contribution is 2.27. The Hall–Kier alpha value is -1.83. The van der Waals surface area contributed by atoms with Crippen molar-refractivity contribution >= 4 is 52.3 Å². The van der Waals surface area contributed by atoms with Crippen LogP contribution >= 0.6 is 34.8 Å². The number of nitrogens with zero attached hydrogens (tertiary/aromatic N) is 3. The van der Waals surface area contributed by atoms with Gasteiger partial charge in [-0.2, -0.15) is 0 Å². The predicted molar refractivity (Wildman–Crippen MR) is 79.1 cm³/mol. The summed E-state index contributed by atoms with van der Waals surface area (Å²) in [6.07, 6.45) is 2.68. The fourth-order valence-electron chi connectivity index (χ4n) is 1.35. The number of nitrogens with one attached hydrogen (secondary N) is 2. The zero-order valence-corrected chi connectivity index (χ0v) is 12.5. The van der Waals surface area contributed by atoms with Crippen LogP contribution in [0.25, 0.3) is 0 Å². The van der Waals surface area contributed by atoms with Crippen molar-refractivity contribution < 1.29 is 9.59 Å². The molecule has 0 spiro atoms. The summed E-state index contributed by atoms with van der Waals surface area (Å²) in [5.41, 5.74) is 3.29. The molecule has 0 fully saturated rings. The Labute approximate surface area is 134 Å². The van der Waals surface area contributed by atoms with Crippen molar-refractivity contribution in [3.8, 4) is 0 Å². The summed E-state index contributed by atoms with van der Waals surface area (Å²) >= 11 is 16.3. The molecule has 0 saturated carbocycles. The highest BCUT2D eigenvalue weighted by atomic mass is 35.6. The maximum atomic E-state index is 11.9. The molecule has 2 amide bonds. The molecule has 0 saturated heterocycles. The number of aromatic nitrogens is 3. The summed E-state index contributed by atoms with van der Waals surface area (Å²) in [6.45, 7) is 0. The van der Waals surface area contributed by atoms with Gasteiger partial charge in [0.05, 0.1) is 0 Å². The topological polar surface area (TPSA) is 88.9 Å². The van der Waals surface area contributed by atoms with Gasteiger partial charge in [-0.15, -0.1) is 10.2 Å². The molecule has 7 nitrogen and oxygen atoms in total. The van der Waals surface area contributed by atoms with Gasteiger partial charge in [-0.25, -0.2) is 4.68 Å². The van der Waals surface area contributed by atoms with Crippen LogP contribution in [0.3, 0.4) is 0 Å². The minimum atomic E-state index is -2.05. The fourth-order valence-corrected chi connectivity index (χ4v) is 1.49. The van der Waals surface area contributed by atoms with Crippen LogP contribution in [0.2, 0.25) is 0 Å². The number of hydrogen-bond acceptors (Lipinski definition) is 4. The van der Waals surface area contributed by atoms with Gasteiger partial charge < -0.3 is 5.32 Å². The Bertz CT molecular complexity index is 637. The van der Waals surface area contributed by atoms with E-state index in [1.54, 1.807) is 0 Å². The molecule has 1 aromatic carbocycles. The minimum Gasteiger partial charge on any atom is -0.322 e. The number of anilines is 1. The Morgan fingerprint density at radius 1 is 1.05 bits per heavy atom. The van der Waals surface area contributed by atoms with E-state index in [2.05, 4.69) is 20.9 Å². The molecule has 21 heavy (non-hydrogen) atoms. The zero-order chi connectivity index (χ0) is 15.5. The lowest BCUT2D eigenvalue weighted by molar-refractivity contribution is -0.115. The van der Waals surface area contributed by atoms with Crippen LogP contribution in [0.1, 0.15) is 10.4 Å². The number of benzene rings is 1. The first-order chi connectivity index (χ1) is 9.86. The van der Waals surface area contributed by atoms with E-state index in [0.29, 0.717) is 11.3 Å². The first kappa shape index (κ1) is 15.6. The zero-order valence-electron chi connectivity index (χ0n) is 10.3. The summed E-state index contributed by atoms with van der Waals surface area (Å²) in [5, 5.41) is 9.51. The molecule has 10 heteroatoms.